The van der Waals surface area contributed by atoms with Crippen LogP contribution in [-0.2, 0) is 21.7 Å². The van der Waals surface area contributed by atoms with Gasteiger partial charge in [0.15, 0.2) is 6.29 Å². The lowest BCUT2D eigenvalue weighted by molar-refractivity contribution is -0.122. The predicted octanol–water partition coefficient (Wildman–Crippen LogP) is 5.13. The van der Waals surface area contributed by atoms with Crippen molar-refractivity contribution in [3.63, 3.8) is 0 Å². The Morgan fingerprint density at radius 1 is 0.905 bits per heavy atom. The number of para-hydroxylation sites is 1. The number of amides is 1. The van der Waals surface area contributed by atoms with Crippen LogP contribution >= 0.6 is 0 Å². The van der Waals surface area contributed by atoms with Crippen molar-refractivity contribution >= 4 is 41.3 Å². The number of anilines is 4. The first kappa shape index (κ1) is 44.8. The van der Waals surface area contributed by atoms with Crippen LogP contribution in [0.5, 0.6) is 0 Å². The molecule has 2 aromatic heterocycles. The molecule has 6 N–H and O–H groups in total. The number of hydrogen-bond acceptors (Lipinski definition) is 16. The Morgan fingerprint density at radius 2 is 1.68 bits per heavy atom. The predicted molar refractivity (Wildman–Crippen MR) is 240 cm³/mol. The molecule has 0 aliphatic carbocycles. The Hall–Kier alpha value is -6.27. The molecule has 1 fully saturated rings. The number of benzene rings is 3. The van der Waals surface area contributed by atoms with E-state index in [1.54, 1.807) is 24.4 Å². The van der Waals surface area contributed by atoms with Crippen LogP contribution in [-0.4, -0.2) is 119 Å². The maximum atomic E-state index is 12.6. The Labute approximate surface area is 367 Å². The molecule has 1 amide bonds. The van der Waals surface area contributed by atoms with Crippen LogP contribution in [0.3, 0.4) is 0 Å². The second-order valence-electron chi connectivity index (χ2n) is 16.2. The van der Waals surface area contributed by atoms with Crippen LogP contribution in [0.1, 0.15) is 83.3 Å². The Bertz CT molecular complexity index is 2300. The molecule has 1 saturated heterocycles. The molecule has 5 aromatic rings. The molecule has 0 unspecified atom stereocenters. The van der Waals surface area contributed by atoms with Crippen molar-refractivity contribution < 1.29 is 28.6 Å². The fourth-order valence-electron chi connectivity index (χ4n) is 7.69. The molecule has 2 aliphatic rings. The number of carbonyl (C=O) groups excluding carboxylic acids is 3. The molecule has 0 bridgehead atoms. The van der Waals surface area contributed by atoms with E-state index in [4.69, 9.17) is 14.1 Å². The summed E-state index contributed by atoms with van der Waals surface area (Å²) < 4.78 is 11.6. The number of aldehydes is 1. The number of rotatable bonds is 23. The molecule has 17 heteroatoms. The molecule has 3 aromatic carbocycles. The van der Waals surface area contributed by atoms with Gasteiger partial charge < -0.3 is 45.7 Å². The monoisotopic (exact) mass is 859 g/mol. The molecule has 63 heavy (non-hydrogen) atoms. The zero-order chi connectivity index (χ0) is 44.0. The minimum atomic E-state index is -0.760. The molecule has 2 aliphatic heterocycles. The highest BCUT2D eigenvalue weighted by atomic mass is 16.6. The number of nitrogens with zero attached hydrogens (tertiary/aromatic N) is 6. The van der Waals surface area contributed by atoms with Gasteiger partial charge in [0.2, 0.25) is 17.7 Å². The lowest BCUT2D eigenvalue weighted by Gasteiger charge is -2.34. The quantitative estimate of drug-likeness (QED) is 0.0286. The second kappa shape index (κ2) is 21.7. The van der Waals surface area contributed by atoms with E-state index in [1.165, 1.54) is 0 Å². The van der Waals surface area contributed by atoms with Crippen molar-refractivity contribution in [1.29, 1.82) is 0 Å². The van der Waals surface area contributed by atoms with Crippen molar-refractivity contribution in [2.45, 2.75) is 57.7 Å². The normalized spacial score (nSPS) is 15.3. The molecule has 4 heterocycles. The van der Waals surface area contributed by atoms with Gasteiger partial charge in [-0.2, -0.15) is 4.98 Å². The van der Waals surface area contributed by atoms with Crippen LogP contribution in [0.15, 0.2) is 83.4 Å². The van der Waals surface area contributed by atoms with E-state index in [0.29, 0.717) is 53.7 Å². The third-order valence-electron chi connectivity index (χ3n) is 11.2. The number of nitrogens with one attached hydrogen (secondary N) is 5. The number of ether oxygens (including phenoxy) is 1. The van der Waals surface area contributed by atoms with Gasteiger partial charge in [-0.15, -0.1) is 10.2 Å². The average molecular weight is 860 g/mol. The van der Waals surface area contributed by atoms with E-state index < -0.39 is 11.6 Å². The van der Waals surface area contributed by atoms with Crippen molar-refractivity contribution in [3.05, 3.63) is 107 Å². The Kier molecular flexibility index (Phi) is 15.4. The largest absolute Gasteiger partial charge is 0.451 e. The van der Waals surface area contributed by atoms with Gasteiger partial charge in [-0.25, -0.2) is 9.78 Å². The van der Waals surface area contributed by atoms with Crippen LogP contribution < -0.4 is 26.6 Å². The first-order valence-corrected chi connectivity index (χ1v) is 21.7. The molecule has 0 saturated carbocycles. The smallest absolute Gasteiger partial charge is 0.339 e. The minimum Gasteiger partial charge on any atom is -0.451 e. The maximum Gasteiger partial charge on any atom is 0.339 e. The van der Waals surface area contributed by atoms with E-state index in [-0.39, 0.29) is 30.3 Å². The summed E-state index contributed by atoms with van der Waals surface area (Å²) in [7, 11) is 0. The van der Waals surface area contributed by atoms with Gasteiger partial charge in [0.1, 0.15) is 11.4 Å². The zero-order valence-electron chi connectivity index (χ0n) is 35.9. The highest BCUT2D eigenvalue weighted by Crippen LogP contribution is 2.38. The number of piperazine rings is 1. The van der Waals surface area contributed by atoms with Gasteiger partial charge >= 0.3 is 5.97 Å². The lowest BCUT2D eigenvalue weighted by atomic mass is 9.95. The Balaban J connectivity index is 0.833. The second-order valence-corrected chi connectivity index (χ2v) is 16.2. The van der Waals surface area contributed by atoms with Gasteiger partial charge in [0.25, 0.3) is 5.89 Å². The summed E-state index contributed by atoms with van der Waals surface area (Å²) in [6, 6.07) is 21.9. The highest BCUT2D eigenvalue weighted by molar-refractivity contribution is 5.95. The number of fused-ring (bicyclic) bond motifs is 1. The maximum absolute atomic E-state index is 12.6. The van der Waals surface area contributed by atoms with Crippen LogP contribution in [0.25, 0.3) is 11.5 Å². The standard InChI is InChI=1S/C46H57N11O6/c1-46(2)37-26-34(16-17-35(37)44(61)63-46)51-45-50-27-36(42(53-45)52-39(31-59)32-12-5-3-6-13-32)43-55-54-41(62-43)28-47-18-11-21-56-22-24-57(25-23-56)29-40(60)49-20-10-4-9-19-48-38-15-8-7-14-33(38)30-58/h3,5-8,12-17,26-27,30,39,47-48,59H,4,9-11,18-25,28-29,31H2,1-2H3,(H,49,60)(H2,50,51,52,53)/t39-/m1/s1. The summed E-state index contributed by atoms with van der Waals surface area (Å²) in [5.74, 6) is 1.03. The lowest BCUT2D eigenvalue weighted by Crippen LogP contribution is -2.49. The van der Waals surface area contributed by atoms with Gasteiger partial charge in [-0.05, 0) is 88.5 Å². The number of aliphatic hydroxyl groups is 1. The van der Waals surface area contributed by atoms with Crippen molar-refractivity contribution in [1.82, 2.24) is 40.6 Å². The van der Waals surface area contributed by atoms with Gasteiger partial charge in [0.05, 0.1) is 36.9 Å². The van der Waals surface area contributed by atoms with Gasteiger partial charge in [-0.3, -0.25) is 14.5 Å². The summed E-state index contributed by atoms with van der Waals surface area (Å²) >= 11 is 0. The van der Waals surface area contributed by atoms with Crippen molar-refractivity contribution in [2.75, 3.05) is 81.5 Å². The first-order valence-electron chi connectivity index (χ1n) is 21.7. The van der Waals surface area contributed by atoms with Crippen LogP contribution in [0, 0.1) is 0 Å². The molecule has 0 radical (unpaired) electrons. The molecular weight excluding hydrogens is 803 g/mol. The number of cyclic esters (lactones) is 1. The van der Waals surface area contributed by atoms with Crippen molar-refractivity contribution in [2.24, 2.45) is 0 Å². The fraction of sp³-hybridized carbons (Fsp3) is 0.413. The van der Waals surface area contributed by atoms with Crippen LogP contribution in [0.4, 0.5) is 23.1 Å². The third-order valence-corrected chi connectivity index (χ3v) is 11.2. The summed E-state index contributed by atoms with van der Waals surface area (Å²) in [6.45, 7) is 11.0. The number of carbonyl (C=O) groups is 3. The number of unbranched alkanes of at least 4 members (excludes halogenated alkanes) is 2. The summed E-state index contributed by atoms with van der Waals surface area (Å²) in [5, 5.41) is 35.3. The van der Waals surface area contributed by atoms with Gasteiger partial charge in [0, 0.05) is 68.0 Å². The van der Waals surface area contributed by atoms with E-state index in [2.05, 4.69) is 51.6 Å². The molecule has 1 atom stereocenters. The first-order chi connectivity index (χ1) is 30.7. The number of aromatic nitrogens is 4. The molecule has 332 valence electrons. The van der Waals surface area contributed by atoms with Crippen molar-refractivity contribution in [3.8, 4) is 11.5 Å². The Morgan fingerprint density at radius 3 is 2.49 bits per heavy atom. The summed E-state index contributed by atoms with van der Waals surface area (Å²) in [6.07, 6.45) is 6.26. The molecule has 17 nitrogen and oxygen atoms in total. The topological polar surface area (TPSA) is 212 Å². The number of aliphatic hydroxyl groups excluding tert-OH is 1. The molecule has 0 spiro atoms. The molecule has 7 rings (SSSR count). The van der Waals surface area contributed by atoms with E-state index in [0.717, 1.165) is 94.6 Å². The van der Waals surface area contributed by atoms with E-state index >= 15 is 0 Å². The van der Waals surface area contributed by atoms with Gasteiger partial charge in [-0.1, -0.05) is 42.5 Å². The average Bonchev–Trinajstić information content (AvgIpc) is 3.86. The van der Waals surface area contributed by atoms with E-state index in [9.17, 15) is 19.5 Å². The van der Waals surface area contributed by atoms with E-state index in [1.807, 2.05) is 68.4 Å². The summed E-state index contributed by atoms with van der Waals surface area (Å²) in [4.78, 5) is 50.0. The zero-order valence-corrected chi connectivity index (χ0v) is 35.9. The SMILES string of the molecule is CC1(C)OC(=O)c2ccc(Nc3ncc(-c4nnc(CNCCCN5CCN(CC(=O)NCCCCCNc6ccccc6C=O)CC5)o4)c(N[C@H](CO)c4ccccc4)n3)cc21. The molecular formula is C46H57N11O6. The fourth-order valence-corrected chi connectivity index (χ4v) is 7.69. The minimum absolute atomic E-state index is 0.0665. The highest BCUT2D eigenvalue weighted by Gasteiger charge is 2.37. The third kappa shape index (κ3) is 12.2. The number of esters is 1. The van der Waals surface area contributed by atoms with Crippen LogP contribution in [0.2, 0.25) is 0 Å². The number of hydrogen-bond donors (Lipinski definition) is 6. The summed E-state index contributed by atoms with van der Waals surface area (Å²) in [5.41, 5.74) is 4.07.